The lowest BCUT2D eigenvalue weighted by atomic mass is 10.2. The maximum atomic E-state index is 13.2. The monoisotopic (exact) mass is 558 g/mol. The molecule has 0 spiro atoms. The third-order valence-electron chi connectivity index (χ3n) is 6.63. The molecule has 0 atom stereocenters. The van der Waals surface area contributed by atoms with Crippen molar-refractivity contribution in [2.45, 2.75) is 13.1 Å². The maximum Gasteiger partial charge on any atom is 0.407 e. The number of hydrogen-bond donors (Lipinski definition) is 3. The van der Waals surface area contributed by atoms with Gasteiger partial charge in [-0.25, -0.2) is 14.2 Å². The molecule has 38 heavy (non-hydrogen) atoms. The summed E-state index contributed by atoms with van der Waals surface area (Å²) < 4.78 is 3.12. The number of halogens is 2. The average molecular weight is 559 g/mol. The second-order valence-electron chi connectivity index (χ2n) is 8.93. The van der Waals surface area contributed by atoms with E-state index in [2.05, 4.69) is 15.2 Å². The molecule has 1 fully saturated rings. The van der Waals surface area contributed by atoms with Gasteiger partial charge in [-0.2, -0.15) is 0 Å². The molecule has 1 aliphatic rings. The Balaban J connectivity index is 1.45. The SMILES string of the molecule is O=C(NCc1ccc(Cl)c(Cl)c1)c1nc2n(CCN3CCN(C(=O)O)CC3)c3ccccc3n2c(=O)c1O. The van der Waals surface area contributed by atoms with E-state index in [-0.39, 0.29) is 18.0 Å². The van der Waals surface area contributed by atoms with Crippen LogP contribution in [-0.2, 0) is 13.1 Å². The highest BCUT2D eigenvalue weighted by Gasteiger charge is 2.24. The molecule has 0 aliphatic carbocycles. The fourth-order valence-electron chi connectivity index (χ4n) is 4.59. The highest BCUT2D eigenvalue weighted by molar-refractivity contribution is 6.42. The zero-order valence-corrected chi connectivity index (χ0v) is 21.6. The number of benzene rings is 2. The number of amides is 2. The van der Waals surface area contributed by atoms with Crippen LogP contribution in [0.2, 0.25) is 10.0 Å². The highest BCUT2D eigenvalue weighted by atomic mass is 35.5. The Morgan fingerprint density at radius 3 is 2.37 bits per heavy atom. The van der Waals surface area contributed by atoms with Gasteiger partial charge >= 0.3 is 11.7 Å². The second-order valence-corrected chi connectivity index (χ2v) is 9.75. The number of para-hydroxylation sites is 2. The number of hydrogen-bond acceptors (Lipinski definition) is 6. The van der Waals surface area contributed by atoms with Gasteiger partial charge in [-0.1, -0.05) is 41.4 Å². The van der Waals surface area contributed by atoms with Gasteiger partial charge in [0.1, 0.15) is 0 Å². The minimum absolute atomic E-state index is 0.0848. The topological polar surface area (TPSA) is 132 Å². The largest absolute Gasteiger partial charge is 0.501 e. The molecule has 2 aromatic carbocycles. The summed E-state index contributed by atoms with van der Waals surface area (Å²) in [5, 5.41) is 23.2. The molecule has 13 heteroatoms. The van der Waals surface area contributed by atoms with Gasteiger partial charge in [0.05, 0.1) is 21.1 Å². The summed E-state index contributed by atoms with van der Waals surface area (Å²) in [6.45, 7) is 3.10. The number of nitrogens with zero attached hydrogens (tertiary/aromatic N) is 5. The van der Waals surface area contributed by atoms with Crippen LogP contribution < -0.4 is 10.9 Å². The van der Waals surface area contributed by atoms with E-state index in [0.29, 0.717) is 65.9 Å². The third kappa shape index (κ3) is 4.87. The maximum absolute atomic E-state index is 13.2. The summed E-state index contributed by atoms with van der Waals surface area (Å²) in [5.74, 6) is -1.24. The van der Waals surface area contributed by atoms with Crippen molar-refractivity contribution in [3.63, 3.8) is 0 Å². The Morgan fingerprint density at radius 1 is 0.974 bits per heavy atom. The summed E-state index contributed by atoms with van der Waals surface area (Å²) in [5.41, 5.74) is 0.818. The first-order valence-corrected chi connectivity index (χ1v) is 12.7. The smallest absolute Gasteiger partial charge is 0.407 e. The van der Waals surface area contributed by atoms with Gasteiger partial charge in [-0.05, 0) is 29.8 Å². The molecule has 3 heterocycles. The van der Waals surface area contributed by atoms with E-state index < -0.39 is 23.3 Å². The standard InChI is InChI=1S/C25H24Cl2N6O5/c26-16-6-5-15(13-17(16)27)14-28-22(35)20-21(34)23(36)33-19-4-2-1-3-18(19)32(24(33)29-20)12-9-30-7-10-31(11-8-30)25(37)38/h1-6,13,34H,7-12,14H2,(H,28,35)(H,37,38). The van der Waals surface area contributed by atoms with Crippen molar-refractivity contribution in [3.8, 4) is 5.75 Å². The Bertz CT molecular complexity index is 1610. The van der Waals surface area contributed by atoms with Crippen LogP contribution in [0, 0.1) is 0 Å². The molecule has 3 N–H and O–H groups in total. The van der Waals surface area contributed by atoms with Crippen LogP contribution in [0.15, 0.2) is 47.3 Å². The van der Waals surface area contributed by atoms with Crippen LogP contribution >= 0.6 is 23.2 Å². The molecule has 0 radical (unpaired) electrons. The molecule has 5 rings (SSSR count). The summed E-state index contributed by atoms with van der Waals surface area (Å²) in [6, 6.07) is 12.1. The fraction of sp³-hybridized carbons (Fsp3) is 0.280. The number of fused-ring (bicyclic) bond motifs is 3. The Labute approximate surface area is 226 Å². The van der Waals surface area contributed by atoms with E-state index in [9.17, 15) is 24.6 Å². The normalized spacial score (nSPS) is 14.3. The lowest BCUT2D eigenvalue weighted by Crippen LogP contribution is -2.48. The molecule has 4 aromatic rings. The van der Waals surface area contributed by atoms with Gasteiger partial charge < -0.3 is 25.0 Å². The van der Waals surface area contributed by atoms with Crippen molar-refractivity contribution in [1.82, 2.24) is 29.1 Å². The fourth-order valence-corrected chi connectivity index (χ4v) is 4.91. The minimum atomic E-state index is -0.930. The number of aromatic hydroxyl groups is 1. The molecule has 11 nitrogen and oxygen atoms in total. The van der Waals surface area contributed by atoms with Crippen molar-refractivity contribution < 1.29 is 19.8 Å². The number of nitrogens with one attached hydrogen (secondary N) is 1. The summed E-state index contributed by atoms with van der Waals surface area (Å²) in [6.07, 6.45) is -0.930. The first-order valence-electron chi connectivity index (χ1n) is 11.9. The number of carboxylic acid groups (broad SMARTS) is 1. The molecule has 198 valence electrons. The average Bonchev–Trinajstić information content (AvgIpc) is 3.23. The lowest BCUT2D eigenvalue weighted by molar-refractivity contribution is 0.0941. The van der Waals surface area contributed by atoms with Crippen LogP contribution in [0.25, 0.3) is 16.8 Å². The van der Waals surface area contributed by atoms with Gasteiger partial charge in [0.25, 0.3) is 5.91 Å². The van der Waals surface area contributed by atoms with Crippen LogP contribution in [0.1, 0.15) is 16.1 Å². The molecule has 2 amide bonds. The van der Waals surface area contributed by atoms with E-state index in [1.54, 1.807) is 30.3 Å². The first kappa shape index (κ1) is 25.8. The molecular weight excluding hydrogens is 535 g/mol. The van der Waals surface area contributed by atoms with Crippen molar-refractivity contribution in [3.05, 3.63) is 74.1 Å². The zero-order valence-electron chi connectivity index (χ0n) is 20.1. The van der Waals surface area contributed by atoms with Gasteiger partial charge in [-0.15, -0.1) is 0 Å². The highest BCUT2D eigenvalue weighted by Crippen LogP contribution is 2.23. The molecule has 0 unspecified atom stereocenters. The van der Waals surface area contributed by atoms with Crippen molar-refractivity contribution in [2.24, 2.45) is 0 Å². The van der Waals surface area contributed by atoms with E-state index >= 15 is 0 Å². The second kappa shape index (κ2) is 10.5. The summed E-state index contributed by atoms with van der Waals surface area (Å²) in [7, 11) is 0. The van der Waals surface area contributed by atoms with Gasteiger partial charge in [0.15, 0.2) is 5.69 Å². The van der Waals surface area contributed by atoms with Gasteiger partial charge in [0.2, 0.25) is 11.5 Å². The van der Waals surface area contributed by atoms with Crippen LogP contribution in [0.4, 0.5) is 4.79 Å². The predicted molar refractivity (Wildman–Crippen MR) is 142 cm³/mol. The predicted octanol–water partition coefficient (Wildman–Crippen LogP) is 2.89. The molecule has 1 saturated heterocycles. The van der Waals surface area contributed by atoms with Crippen molar-refractivity contribution in [1.29, 1.82) is 0 Å². The number of imidazole rings is 1. The summed E-state index contributed by atoms with van der Waals surface area (Å²) >= 11 is 12.0. The Morgan fingerprint density at radius 2 is 1.68 bits per heavy atom. The van der Waals surface area contributed by atoms with E-state index in [4.69, 9.17) is 23.2 Å². The van der Waals surface area contributed by atoms with E-state index in [1.807, 2.05) is 16.7 Å². The van der Waals surface area contributed by atoms with E-state index in [0.717, 1.165) is 0 Å². The molecular formula is C25H24Cl2N6O5. The minimum Gasteiger partial charge on any atom is -0.501 e. The number of carbonyl (C=O) groups excluding carboxylic acids is 1. The number of aromatic nitrogens is 3. The lowest BCUT2D eigenvalue weighted by Gasteiger charge is -2.33. The zero-order chi connectivity index (χ0) is 27.0. The third-order valence-corrected chi connectivity index (χ3v) is 7.37. The molecule has 1 aliphatic heterocycles. The van der Waals surface area contributed by atoms with Crippen LogP contribution in [-0.4, -0.2) is 78.7 Å². The quantitative estimate of drug-likeness (QED) is 0.331. The summed E-state index contributed by atoms with van der Waals surface area (Å²) in [4.78, 5) is 45.4. The van der Waals surface area contributed by atoms with Gasteiger partial charge in [0, 0.05) is 45.8 Å². The first-order chi connectivity index (χ1) is 18.2. The number of rotatable bonds is 6. The Kier molecular flexibility index (Phi) is 7.15. The number of carbonyl (C=O) groups is 2. The molecule has 0 bridgehead atoms. The van der Waals surface area contributed by atoms with Crippen molar-refractivity contribution in [2.75, 3.05) is 32.7 Å². The van der Waals surface area contributed by atoms with Crippen LogP contribution in [0.5, 0.6) is 5.75 Å². The van der Waals surface area contributed by atoms with Crippen LogP contribution in [0.3, 0.4) is 0 Å². The van der Waals surface area contributed by atoms with Crippen molar-refractivity contribution >= 4 is 52.0 Å². The Hall–Kier alpha value is -3.80. The number of piperazine rings is 1. The van der Waals surface area contributed by atoms with E-state index in [1.165, 1.54) is 9.30 Å². The van der Waals surface area contributed by atoms with Gasteiger partial charge in [-0.3, -0.25) is 14.5 Å². The molecule has 2 aromatic heterocycles. The molecule has 0 saturated carbocycles.